The summed E-state index contributed by atoms with van der Waals surface area (Å²) in [7, 11) is 0. The van der Waals surface area contributed by atoms with Crippen molar-refractivity contribution in [2.45, 2.75) is 52.4 Å². The maximum absolute atomic E-state index is 12.7. The number of hydrogen-bond donors (Lipinski definition) is 1. The van der Waals surface area contributed by atoms with E-state index in [0.29, 0.717) is 18.7 Å². The minimum atomic E-state index is -0.771. The number of likely N-dealkylation sites (tertiary alicyclic amines) is 1. The van der Waals surface area contributed by atoms with E-state index in [2.05, 4.69) is 5.16 Å². The molecule has 0 aliphatic carbocycles. The Labute approximate surface area is 130 Å². The van der Waals surface area contributed by atoms with Gasteiger partial charge in [0.25, 0.3) is 0 Å². The number of carbonyl (C=O) groups is 2. The highest BCUT2D eigenvalue weighted by Gasteiger charge is 2.30. The molecular formula is C16H24N2O4. The number of piperidine rings is 1. The van der Waals surface area contributed by atoms with Crippen molar-refractivity contribution >= 4 is 11.9 Å². The summed E-state index contributed by atoms with van der Waals surface area (Å²) < 4.78 is 5.15. The Balaban J connectivity index is 2.01. The van der Waals surface area contributed by atoms with Crippen LogP contribution in [0.15, 0.2) is 4.52 Å². The first kappa shape index (κ1) is 16.5. The van der Waals surface area contributed by atoms with E-state index < -0.39 is 5.97 Å². The Kier molecular flexibility index (Phi) is 5.21. The van der Waals surface area contributed by atoms with Gasteiger partial charge in [0.1, 0.15) is 5.76 Å². The molecule has 1 fully saturated rings. The normalized spacial score (nSPS) is 20.0. The van der Waals surface area contributed by atoms with E-state index in [1.54, 1.807) is 0 Å². The first-order valence-electron chi connectivity index (χ1n) is 7.83. The Hall–Kier alpha value is -1.85. The number of carbonyl (C=O) groups excluding carboxylic acids is 1. The molecule has 2 heterocycles. The van der Waals surface area contributed by atoms with E-state index in [0.717, 1.165) is 30.6 Å². The molecule has 0 aromatic carbocycles. The molecule has 1 amide bonds. The molecule has 2 rings (SSSR count). The zero-order valence-electron chi connectivity index (χ0n) is 13.5. The number of rotatable bonds is 5. The summed E-state index contributed by atoms with van der Waals surface area (Å²) in [6.45, 7) is 6.96. The Morgan fingerprint density at radius 2 is 2.18 bits per heavy atom. The quantitative estimate of drug-likeness (QED) is 0.903. The van der Waals surface area contributed by atoms with E-state index in [4.69, 9.17) is 9.63 Å². The zero-order valence-corrected chi connectivity index (χ0v) is 13.5. The van der Waals surface area contributed by atoms with Crippen LogP contribution in [0.3, 0.4) is 0 Å². The molecule has 6 nitrogen and oxygen atoms in total. The van der Waals surface area contributed by atoms with Gasteiger partial charge in [-0.3, -0.25) is 9.59 Å². The fraction of sp³-hybridized carbons (Fsp3) is 0.688. The topological polar surface area (TPSA) is 83.6 Å². The molecule has 22 heavy (non-hydrogen) atoms. The largest absolute Gasteiger partial charge is 0.481 e. The van der Waals surface area contributed by atoms with Crippen LogP contribution in [0.25, 0.3) is 0 Å². The standard InChI is InChI=1S/C16H24N2O4/c1-10(15-11(2)17-22-12(15)3)16(21)18-8-4-5-13(9-18)6-7-14(19)20/h10,13H,4-9H2,1-3H3,(H,19,20)/t10-,13+/m1/s1. The summed E-state index contributed by atoms with van der Waals surface area (Å²) in [4.78, 5) is 25.3. The first-order chi connectivity index (χ1) is 10.4. The minimum Gasteiger partial charge on any atom is -0.481 e. The molecule has 0 bridgehead atoms. The summed E-state index contributed by atoms with van der Waals surface area (Å²) >= 11 is 0. The van der Waals surface area contributed by atoms with Gasteiger partial charge in [0, 0.05) is 25.1 Å². The highest BCUT2D eigenvalue weighted by atomic mass is 16.5. The molecule has 0 spiro atoms. The van der Waals surface area contributed by atoms with E-state index >= 15 is 0 Å². The fourth-order valence-electron chi connectivity index (χ4n) is 3.33. The molecule has 2 atom stereocenters. The van der Waals surface area contributed by atoms with Gasteiger partial charge in [0.2, 0.25) is 5.91 Å². The van der Waals surface area contributed by atoms with Crippen molar-refractivity contribution in [2.24, 2.45) is 5.92 Å². The second-order valence-electron chi connectivity index (χ2n) is 6.18. The van der Waals surface area contributed by atoms with Crippen molar-refractivity contribution in [3.05, 3.63) is 17.0 Å². The van der Waals surface area contributed by atoms with Gasteiger partial charge in [-0.05, 0) is 46.0 Å². The number of nitrogens with zero attached hydrogens (tertiary/aromatic N) is 2. The van der Waals surface area contributed by atoms with Crippen LogP contribution in [0, 0.1) is 19.8 Å². The Morgan fingerprint density at radius 3 is 2.77 bits per heavy atom. The molecule has 122 valence electrons. The van der Waals surface area contributed by atoms with Gasteiger partial charge < -0.3 is 14.5 Å². The van der Waals surface area contributed by atoms with Crippen LogP contribution in [0.2, 0.25) is 0 Å². The third kappa shape index (κ3) is 3.67. The van der Waals surface area contributed by atoms with Gasteiger partial charge in [0.05, 0.1) is 11.6 Å². The van der Waals surface area contributed by atoms with Gasteiger partial charge in [-0.25, -0.2) is 0 Å². The summed E-state index contributed by atoms with van der Waals surface area (Å²) in [6.07, 6.45) is 2.74. The number of carboxylic acid groups (broad SMARTS) is 1. The number of hydrogen-bond acceptors (Lipinski definition) is 4. The maximum atomic E-state index is 12.7. The maximum Gasteiger partial charge on any atom is 0.303 e. The Bertz CT molecular complexity index is 533. The van der Waals surface area contributed by atoms with Gasteiger partial charge in [-0.15, -0.1) is 0 Å². The highest BCUT2D eigenvalue weighted by molar-refractivity contribution is 5.84. The molecule has 1 aliphatic rings. The number of aryl methyl sites for hydroxylation is 2. The lowest BCUT2D eigenvalue weighted by atomic mass is 9.91. The van der Waals surface area contributed by atoms with Crippen LogP contribution in [0.5, 0.6) is 0 Å². The van der Waals surface area contributed by atoms with Crippen molar-refractivity contribution in [3.63, 3.8) is 0 Å². The van der Waals surface area contributed by atoms with Crippen molar-refractivity contribution in [1.82, 2.24) is 10.1 Å². The van der Waals surface area contributed by atoms with Gasteiger partial charge >= 0.3 is 5.97 Å². The molecular weight excluding hydrogens is 284 g/mol. The van der Waals surface area contributed by atoms with Crippen molar-refractivity contribution in [2.75, 3.05) is 13.1 Å². The van der Waals surface area contributed by atoms with Gasteiger partial charge in [0.15, 0.2) is 0 Å². The smallest absolute Gasteiger partial charge is 0.303 e. The number of carboxylic acids is 1. The second kappa shape index (κ2) is 6.94. The molecule has 0 unspecified atom stereocenters. The van der Waals surface area contributed by atoms with Crippen LogP contribution in [-0.2, 0) is 9.59 Å². The van der Waals surface area contributed by atoms with E-state index in [1.165, 1.54) is 0 Å². The van der Waals surface area contributed by atoms with Crippen LogP contribution < -0.4 is 0 Å². The van der Waals surface area contributed by atoms with Crippen molar-refractivity contribution in [1.29, 1.82) is 0 Å². The predicted molar refractivity (Wildman–Crippen MR) is 80.6 cm³/mol. The minimum absolute atomic E-state index is 0.0782. The third-order valence-electron chi connectivity index (χ3n) is 4.49. The number of aliphatic carboxylic acids is 1. The van der Waals surface area contributed by atoms with Crippen LogP contribution in [0.4, 0.5) is 0 Å². The van der Waals surface area contributed by atoms with E-state index in [9.17, 15) is 9.59 Å². The molecule has 1 aliphatic heterocycles. The van der Waals surface area contributed by atoms with E-state index in [1.807, 2.05) is 25.7 Å². The first-order valence-corrected chi connectivity index (χ1v) is 7.83. The van der Waals surface area contributed by atoms with E-state index in [-0.39, 0.29) is 24.2 Å². The van der Waals surface area contributed by atoms with Crippen LogP contribution in [0.1, 0.15) is 55.5 Å². The van der Waals surface area contributed by atoms with Crippen molar-refractivity contribution < 1.29 is 19.2 Å². The summed E-state index contributed by atoms with van der Waals surface area (Å²) in [6, 6.07) is 0. The number of aromatic nitrogens is 1. The molecule has 0 radical (unpaired) electrons. The molecule has 0 saturated carbocycles. The third-order valence-corrected chi connectivity index (χ3v) is 4.49. The molecule has 1 saturated heterocycles. The lowest BCUT2D eigenvalue weighted by Crippen LogP contribution is -2.42. The Morgan fingerprint density at radius 1 is 1.45 bits per heavy atom. The van der Waals surface area contributed by atoms with Gasteiger partial charge in [-0.1, -0.05) is 5.16 Å². The summed E-state index contributed by atoms with van der Waals surface area (Å²) in [5.74, 6) is 0.00916. The fourth-order valence-corrected chi connectivity index (χ4v) is 3.33. The molecule has 6 heteroatoms. The average Bonchev–Trinajstić information content (AvgIpc) is 2.83. The van der Waals surface area contributed by atoms with Crippen molar-refractivity contribution in [3.8, 4) is 0 Å². The lowest BCUT2D eigenvalue weighted by Gasteiger charge is -2.34. The SMILES string of the molecule is Cc1noc(C)c1[C@@H](C)C(=O)N1CCC[C@@H](CCC(=O)O)C1. The number of amides is 1. The molecule has 1 N–H and O–H groups in total. The highest BCUT2D eigenvalue weighted by Crippen LogP contribution is 2.28. The molecule has 1 aromatic heterocycles. The second-order valence-corrected chi connectivity index (χ2v) is 6.18. The van der Waals surface area contributed by atoms with Crippen LogP contribution >= 0.6 is 0 Å². The average molecular weight is 308 g/mol. The monoisotopic (exact) mass is 308 g/mol. The predicted octanol–water partition coefficient (Wildman–Crippen LogP) is 2.50. The summed E-state index contributed by atoms with van der Waals surface area (Å²) in [5.41, 5.74) is 1.63. The summed E-state index contributed by atoms with van der Waals surface area (Å²) in [5, 5.41) is 12.7. The molecule has 1 aromatic rings. The zero-order chi connectivity index (χ0) is 16.3. The van der Waals surface area contributed by atoms with Gasteiger partial charge in [-0.2, -0.15) is 0 Å². The lowest BCUT2D eigenvalue weighted by molar-refractivity contribution is -0.137. The van der Waals surface area contributed by atoms with Crippen LogP contribution in [-0.4, -0.2) is 40.1 Å².